The first-order valence-electron chi connectivity index (χ1n) is 6.77. The molecule has 0 fully saturated rings. The van der Waals surface area contributed by atoms with E-state index in [1.165, 1.54) is 6.07 Å². The van der Waals surface area contributed by atoms with E-state index in [9.17, 15) is 8.42 Å². The van der Waals surface area contributed by atoms with Gasteiger partial charge in [0.05, 0.1) is 4.90 Å². The number of unbranched alkanes of at least 4 members (excludes halogenated alkanes) is 2. The third-order valence-corrected chi connectivity index (χ3v) is 4.92. The van der Waals surface area contributed by atoms with E-state index in [1.54, 1.807) is 26.2 Å². The van der Waals surface area contributed by atoms with Gasteiger partial charge in [-0.25, -0.2) is 13.1 Å². The lowest BCUT2D eigenvalue weighted by Crippen LogP contribution is -2.25. The SMILES string of the molecule is COCCCCCNS(=O)(=O)c1ccc(C(N)=S)cc1C. The molecule has 0 amide bonds. The highest BCUT2D eigenvalue weighted by Crippen LogP contribution is 2.16. The lowest BCUT2D eigenvalue weighted by atomic mass is 10.1. The van der Waals surface area contributed by atoms with Crippen molar-refractivity contribution >= 4 is 27.2 Å². The highest BCUT2D eigenvalue weighted by atomic mass is 32.2. The molecule has 0 unspecified atom stereocenters. The summed E-state index contributed by atoms with van der Waals surface area (Å²) in [5.74, 6) is 0. The second kappa shape index (κ2) is 8.43. The van der Waals surface area contributed by atoms with Gasteiger partial charge in [0.1, 0.15) is 4.99 Å². The first-order chi connectivity index (χ1) is 9.88. The summed E-state index contributed by atoms with van der Waals surface area (Å²) in [5.41, 5.74) is 6.84. The number of nitrogens with two attached hydrogens (primary N) is 1. The monoisotopic (exact) mass is 330 g/mol. The molecule has 7 heteroatoms. The summed E-state index contributed by atoms with van der Waals surface area (Å²) in [5, 5.41) is 0. The molecule has 0 aliphatic rings. The van der Waals surface area contributed by atoms with E-state index in [-0.39, 0.29) is 9.88 Å². The van der Waals surface area contributed by atoms with Crippen molar-refractivity contribution in [3.8, 4) is 0 Å². The molecule has 118 valence electrons. The Hall–Kier alpha value is -1.02. The summed E-state index contributed by atoms with van der Waals surface area (Å²) in [6.45, 7) is 2.85. The third-order valence-electron chi connectivity index (χ3n) is 3.07. The zero-order valence-corrected chi connectivity index (χ0v) is 14.0. The number of sulfonamides is 1. The number of ether oxygens (including phenoxy) is 1. The van der Waals surface area contributed by atoms with E-state index < -0.39 is 10.0 Å². The van der Waals surface area contributed by atoms with Gasteiger partial charge in [-0.15, -0.1) is 0 Å². The highest BCUT2D eigenvalue weighted by molar-refractivity contribution is 7.89. The maximum atomic E-state index is 12.2. The van der Waals surface area contributed by atoms with Crippen LogP contribution in [-0.2, 0) is 14.8 Å². The molecule has 0 aliphatic heterocycles. The maximum absolute atomic E-state index is 12.2. The van der Waals surface area contributed by atoms with Gasteiger partial charge in [0.15, 0.2) is 0 Å². The molecule has 0 heterocycles. The largest absolute Gasteiger partial charge is 0.389 e. The second-order valence-corrected chi connectivity index (χ2v) is 6.97. The van der Waals surface area contributed by atoms with Crippen LogP contribution in [0.15, 0.2) is 23.1 Å². The molecule has 3 N–H and O–H groups in total. The molecule has 0 radical (unpaired) electrons. The summed E-state index contributed by atoms with van der Waals surface area (Å²) in [6, 6.07) is 4.86. The lowest BCUT2D eigenvalue weighted by Gasteiger charge is -2.10. The van der Waals surface area contributed by atoms with E-state index in [1.807, 2.05) is 0 Å². The van der Waals surface area contributed by atoms with Gasteiger partial charge >= 0.3 is 0 Å². The summed E-state index contributed by atoms with van der Waals surface area (Å²) in [4.78, 5) is 0.521. The Balaban J connectivity index is 2.64. The summed E-state index contributed by atoms with van der Waals surface area (Å²) in [7, 11) is -1.84. The van der Waals surface area contributed by atoms with Crippen molar-refractivity contribution < 1.29 is 13.2 Å². The lowest BCUT2D eigenvalue weighted by molar-refractivity contribution is 0.192. The van der Waals surface area contributed by atoms with E-state index >= 15 is 0 Å². The predicted molar refractivity (Wildman–Crippen MR) is 88.0 cm³/mol. The van der Waals surface area contributed by atoms with Crippen LogP contribution in [-0.4, -0.2) is 33.7 Å². The van der Waals surface area contributed by atoms with Crippen LogP contribution in [0.1, 0.15) is 30.4 Å². The second-order valence-electron chi connectivity index (χ2n) is 4.80. The number of aryl methyl sites for hydroxylation is 1. The smallest absolute Gasteiger partial charge is 0.240 e. The quantitative estimate of drug-likeness (QED) is 0.532. The van der Waals surface area contributed by atoms with E-state index in [0.29, 0.717) is 24.3 Å². The van der Waals surface area contributed by atoms with Crippen LogP contribution in [0.4, 0.5) is 0 Å². The molecule has 0 atom stereocenters. The molecule has 0 aromatic heterocycles. The molecule has 0 bridgehead atoms. The number of rotatable bonds is 9. The van der Waals surface area contributed by atoms with Crippen molar-refractivity contribution in [1.29, 1.82) is 0 Å². The van der Waals surface area contributed by atoms with Crippen molar-refractivity contribution in [3.05, 3.63) is 29.3 Å². The van der Waals surface area contributed by atoms with Crippen LogP contribution >= 0.6 is 12.2 Å². The number of hydrogen-bond donors (Lipinski definition) is 2. The van der Waals surface area contributed by atoms with Crippen LogP contribution in [0.3, 0.4) is 0 Å². The van der Waals surface area contributed by atoms with Gasteiger partial charge in [-0.1, -0.05) is 18.3 Å². The van der Waals surface area contributed by atoms with Crippen molar-refractivity contribution in [3.63, 3.8) is 0 Å². The van der Waals surface area contributed by atoms with Crippen molar-refractivity contribution in [2.45, 2.75) is 31.1 Å². The third kappa shape index (κ3) is 5.70. The van der Waals surface area contributed by atoms with Crippen molar-refractivity contribution in [2.24, 2.45) is 5.73 Å². The van der Waals surface area contributed by atoms with Crippen LogP contribution < -0.4 is 10.5 Å². The fourth-order valence-electron chi connectivity index (χ4n) is 1.94. The van der Waals surface area contributed by atoms with Gasteiger partial charge in [0.2, 0.25) is 10.0 Å². The zero-order chi connectivity index (χ0) is 15.9. The van der Waals surface area contributed by atoms with Crippen LogP contribution in [0.25, 0.3) is 0 Å². The van der Waals surface area contributed by atoms with Crippen LogP contribution in [0.2, 0.25) is 0 Å². The van der Waals surface area contributed by atoms with Crippen LogP contribution in [0.5, 0.6) is 0 Å². The van der Waals surface area contributed by atoms with Gasteiger partial charge in [-0.05, 0) is 43.9 Å². The Bertz CT molecular complexity index is 586. The van der Waals surface area contributed by atoms with Crippen molar-refractivity contribution in [1.82, 2.24) is 4.72 Å². The molecule has 5 nitrogen and oxygen atoms in total. The molecule has 1 aromatic rings. The number of methoxy groups -OCH3 is 1. The standard InChI is InChI=1S/C14H22N2O3S2/c1-11-10-12(14(15)20)6-7-13(11)21(17,18)16-8-4-3-5-9-19-2/h6-7,10,16H,3-5,8-9H2,1-2H3,(H2,15,20). The Labute approximate surface area is 131 Å². The molecule has 0 saturated heterocycles. The average Bonchev–Trinajstić information content (AvgIpc) is 2.42. The fraction of sp³-hybridized carbons (Fsp3) is 0.500. The van der Waals surface area contributed by atoms with Crippen LogP contribution in [0, 0.1) is 6.92 Å². The van der Waals surface area contributed by atoms with E-state index in [2.05, 4.69) is 4.72 Å². The normalized spacial score (nSPS) is 11.5. The molecule has 21 heavy (non-hydrogen) atoms. The van der Waals surface area contributed by atoms with Gasteiger partial charge in [0.25, 0.3) is 0 Å². The minimum atomic E-state index is -3.49. The molecule has 0 saturated carbocycles. The Morgan fingerprint density at radius 2 is 2.05 bits per heavy atom. The molecule has 0 aliphatic carbocycles. The van der Waals surface area contributed by atoms with Crippen molar-refractivity contribution in [2.75, 3.05) is 20.3 Å². The zero-order valence-electron chi connectivity index (χ0n) is 12.4. The summed E-state index contributed by atoms with van der Waals surface area (Å²) < 4.78 is 32.0. The first-order valence-corrected chi connectivity index (χ1v) is 8.66. The van der Waals surface area contributed by atoms with Gasteiger partial charge in [-0.2, -0.15) is 0 Å². The molecule has 1 aromatic carbocycles. The molecule has 0 spiro atoms. The topological polar surface area (TPSA) is 81.4 Å². The Morgan fingerprint density at radius 3 is 2.62 bits per heavy atom. The number of hydrogen-bond acceptors (Lipinski definition) is 4. The average molecular weight is 330 g/mol. The Kier molecular flexibility index (Phi) is 7.24. The minimum absolute atomic E-state index is 0.258. The van der Waals surface area contributed by atoms with Gasteiger partial charge in [0, 0.05) is 25.8 Å². The predicted octanol–water partition coefficient (Wildman–Crippen LogP) is 1.72. The number of thiocarbonyl (C=S) groups is 1. The fourth-order valence-corrected chi connectivity index (χ4v) is 3.36. The van der Waals surface area contributed by atoms with E-state index in [0.717, 1.165) is 19.3 Å². The molecular formula is C14H22N2O3S2. The maximum Gasteiger partial charge on any atom is 0.240 e. The highest BCUT2D eigenvalue weighted by Gasteiger charge is 2.16. The van der Waals surface area contributed by atoms with Gasteiger partial charge < -0.3 is 10.5 Å². The minimum Gasteiger partial charge on any atom is -0.389 e. The van der Waals surface area contributed by atoms with E-state index in [4.69, 9.17) is 22.7 Å². The first kappa shape index (κ1) is 18.0. The molecular weight excluding hydrogens is 308 g/mol. The number of nitrogens with one attached hydrogen (secondary N) is 1. The molecule has 1 rings (SSSR count). The Morgan fingerprint density at radius 1 is 1.33 bits per heavy atom. The van der Waals surface area contributed by atoms with Gasteiger partial charge in [-0.3, -0.25) is 0 Å². The summed E-state index contributed by atoms with van der Waals surface area (Å²) >= 11 is 4.88. The summed E-state index contributed by atoms with van der Waals surface area (Å²) in [6.07, 6.45) is 2.64. The number of benzene rings is 1.